The first-order valence-corrected chi connectivity index (χ1v) is 12.3. The summed E-state index contributed by atoms with van der Waals surface area (Å²) in [5, 5.41) is 1.94. The molecule has 1 atom stereocenters. The molecule has 3 heterocycles. The number of aromatic nitrogens is 1. The van der Waals surface area contributed by atoms with Crippen LogP contribution in [0.25, 0.3) is 6.08 Å². The SMILES string of the molecule is CCOC(=O)C1=C(C)N=c2s/c(=C/c3ccc(SC)cc3)c(=O)n2[C@H]1c1cccs1. The molecule has 0 amide bonds. The molecule has 1 aliphatic rings. The van der Waals surface area contributed by atoms with Gasteiger partial charge in [-0.05, 0) is 55.3 Å². The van der Waals surface area contributed by atoms with E-state index >= 15 is 0 Å². The van der Waals surface area contributed by atoms with Crippen LogP contribution in [0.5, 0.6) is 0 Å². The van der Waals surface area contributed by atoms with Gasteiger partial charge in [-0.15, -0.1) is 23.1 Å². The smallest absolute Gasteiger partial charge is 0.338 e. The fourth-order valence-electron chi connectivity index (χ4n) is 3.36. The maximum Gasteiger partial charge on any atom is 0.338 e. The highest BCUT2D eigenvalue weighted by molar-refractivity contribution is 7.98. The van der Waals surface area contributed by atoms with Crippen LogP contribution >= 0.6 is 34.4 Å². The highest BCUT2D eigenvalue weighted by Gasteiger charge is 2.33. The van der Waals surface area contributed by atoms with Gasteiger partial charge in [0.05, 0.1) is 22.4 Å². The summed E-state index contributed by atoms with van der Waals surface area (Å²) in [6, 6.07) is 11.4. The van der Waals surface area contributed by atoms with Crippen molar-refractivity contribution < 1.29 is 9.53 Å². The van der Waals surface area contributed by atoms with Crippen molar-refractivity contribution in [2.24, 2.45) is 4.99 Å². The molecule has 0 unspecified atom stereocenters. The lowest BCUT2D eigenvalue weighted by molar-refractivity contribution is -0.139. The molecule has 0 bridgehead atoms. The van der Waals surface area contributed by atoms with Crippen LogP contribution in [0.15, 0.2) is 67.7 Å². The number of carbonyl (C=O) groups is 1. The molecule has 1 aromatic carbocycles. The number of rotatable bonds is 5. The lowest BCUT2D eigenvalue weighted by Gasteiger charge is -2.23. The van der Waals surface area contributed by atoms with Crippen LogP contribution in [0.3, 0.4) is 0 Å². The second-order valence-electron chi connectivity index (χ2n) is 6.59. The Balaban J connectivity index is 1.90. The fraction of sp³-hybridized carbons (Fsp3) is 0.227. The van der Waals surface area contributed by atoms with Crippen LogP contribution in [0.2, 0.25) is 0 Å². The van der Waals surface area contributed by atoms with Crippen molar-refractivity contribution in [3.05, 3.63) is 83.2 Å². The Morgan fingerprint density at radius 1 is 1.30 bits per heavy atom. The summed E-state index contributed by atoms with van der Waals surface area (Å²) in [6.07, 6.45) is 3.91. The first-order chi connectivity index (χ1) is 14.5. The Morgan fingerprint density at radius 3 is 2.70 bits per heavy atom. The first kappa shape index (κ1) is 20.8. The Bertz CT molecular complexity index is 1280. The van der Waals surface area contributed by atoms with Crippen molar-refractivity contribution in [2.45, 2.75) is 24.8 Å². The van der Waals surface area contributed by atoms with Crippen LogP contribution in [-0.2, 0) is 9.53 Å². The van der Waals surface area contributed by atoms with E-state index in [0.29, 0.717) is 20.6 Å². The van der Waals surface area contributed by atoms with Crippen LogP contribution in [0.4, 0.5) is 0 Å². The van der Waals surface area contributed by atoms with Crippen LogP contribution in [0, 0.1) is 0 Å². The van der Waals surface area contributed by atoms with Crippen LogP contribution in [-0.4, -0.2) is 23.4 Å². The first-order valence-electron chi connectivity index (χ1n) is 9.40. The van der Waals surface area contributed by atoms with Crippen molar-refractivity contribution in [3.63, 3.8) is 0 Å². The summed E-state index contributed by atoms with van der Waals surface area (Å²) in [4.78, 5) is 33.4. The molecule has 30 heavy (non-hydrogen) atoms. The summed E-state index contributed by atoms with van der Waals surface area (Å²) in [6.45, 7) is 3.83. The number of fused-ring (bicyclic) bond motifs is 1. The third-order valence-corrected chi connectivity index (χ3v) is 7.39. The number of allylic oxidation sites excluding steroid dienone is 1. The van der Waals surface area contributed by atoms with E-state index < -0.39 is 12.0 Å². The standard InChI is InChI=1S/C22H20N2O3S3/c1-4-27-21(26)18-13(2)23-22-24(19(18)16-6-5-11-29-16)20(25)17(30-22)12-14-7-9-15(28-3)10-8-14/h5-12,19H,4H2,1-3H3/b17-12+/t19-/m0/s1. The van der Waals surface area contributed by atoms with Crippen molar-refractivity contribution in [3.8, 4) is 0 Å². The summed E-state index contributed by atoms with van der Waals surface area (Å²) in [5.41, 5.74) is 1.80. The second-order valence-corrected chi connectivity index (χ2v) is 9.46. The molecule has 1 aliphatic heterocycles. The number of thioether (sulfide) groups is 1. The second kappa shape index (κ2) is 8.75. The van der Waals surface area contributed by atoms with Crippen LogP contribution < -0.4 is 14.9 Å². The van der Waals surface area contributed by atoms with Crippen LogP contribution in [0.1, 0.15) is 30.3 Å². The summed E-state index contributed by atoms with van der Waals surface area (Å²) >= 11 is 4.52. The van der Waals surface area contributed by atoms with Gasteiger partial charge < -0.3 is 4.74 Å². The van der Waals surface area contributed by atoms with Crippen molar-refractivity contribution in [2.75, 3.05) is 12.9 Å². The third-order valence-electron chi connectivity index (χ3n) is 4.74. The largest absolute Gasteiger partial charge is 0.463 e. The Hall–Kier alpha value is -2.42. The Morgan fingerprint density at radius 2 is 2.07 bits per heavy atom. The molecule has 5 nitrogen and oxygen atoms in total. The summed E-state index contributed by atoms with van der Waals surface area (Å²) in [5.74, 6) is -0.431. The van der Waals surface area contributed by atoms with Gasteiger partial charge in [0, 0.05) is 9.77 Å². The molecule has 0 N–H and O–H groups in total. The van der Waals surface area contributed by atoms with E-state index in [0.717, 1.165) is 10.4 Å². The normalized spacial score (nSPS) is 16.4. The average Bonchev–Trinajstić information content (AvgIpc) is 3.37. The molecule has 2 aromatic heterocycles. The minimum Gasteiger partial charge on any atom is -0.463 e. The quantitative estimate of drug-likeness (QED) is 0.435. The molecule has 0 saturated heterocycles. The summed E-state index contributed by atoms with van der Waals surface area (Å²) < 4.78 is 7.50. The average molecular weight is 457 g/mol. The van der Waals surface area contributed by atoms with Gasteiger partial charge >= 0.3 is 5.97 Å². The zero-order valence-electron chi connectivity index (χ0n) is 16.7. The number of nitrogens with zero attached hydrogens (tertiary/aromatic N) is 2. The molecule has 0 aliphatic carbocycles. The summed E-state index contributed by atoms with van der Waals surface area (Å²) in [7, 11) is 0. The van der Waals surface area contributed by atoms with E-state index in [1.807, 2.05) is 54.1 Å². The lowest BCUT2D eigenvalue weighted by atomic mass is 10.0. The molecule has 0 spiro atoms. The van der Waals surface area contributed by atoms with E-state index in [1.165, 1.54) is 27.6 Å². The highest BCUT2D eigenvalue weighted by atomic mass is 32.2. The highest BCUT2D eigenvalue weighted by Crippen LogP contribution is 2.33. The molecule has 0 radical (unpaired) electrons. The number of hydrogen-bond acceptors (Lipinski definition) is 7. The number of ether oxygens (including phenoxy) is 1. The number of hydrogen-bond donors (Lipinski definition) is 0. The number of carbonyl (C=O) groups excluding carboxylic acids is 1. The van der Waals surface area contributed by atoms with E-state index in [1.54, 1.807) is 30.2 Å². The minimum absolute atomic E-state index is 0.152. The minimum atomic E-state index is -0.527. The molecule has 8 heteroatoms. The van der Waals surface area contributed by atoms with Gasteiger partial charge in [0.25, 0.3) is 5.56 Å². The van der Waals surface area contributed by atoms with E-state index in [-0.39, 0.29) is 12.2 Å². The molecule has 4 rings (SSSR count). The van der Waals surface area contributed by atoms with Crippen molar-refractivity contribution >= 4 is 46.5 Å². The topological polar surface area (TPSA) is 60.7 Å². The number of thiophene rings is 1. The molecule has 0 saturated carbocycles. The molecular formula is C22H20N2O3S3. The molecular weight excluding hydrogens is 436 g/mol. The van der Waals surface area contributed by atoms with Crippen molar-refractivity contribution in [1.29, 1.82) is 0 Å². The predicted octanol–water partition coefficient (Wildman–Crippen LogP) is 3.58. The van der Waals surface area contributed by atoms with E-state index in [9.17, 15) is 9.59 Å². The van der Waals surface area contributed by atoms with E-state index in [4.69, 9.17) is 4.74 Å². The van der Waals surface area contributed by atoms with Gasteiger partial charge in [-0.1, -0.05) is 29.5 Å². The monoisotopic (exact) mass is 456 g/mol. The van der Waals surface area contributed by atoms with Gasteiger partial charge in [-0.3, -0.25) is 9.36 Å². The Labute approximate surface area is 186 Å². The number of thiazole rings is 1. The molecule has 3 aromatic rings. The van der Waals surface area contributed by atoms with Gasteiger partial charge in [-0.2, -0.15) is 0 Å². The molecule has 0 fully saturated rings. The number of esters is 1. The van der Waals surface area contributed by atoms with Gasteiger partial charge in [0.15, 0.2) is 4.80 Å². The lowest BCUT2D eigenvalue weighted by Crippen LogP contribution is -2.39. The van der Waals surface area contributed by atoms with Crippen molar-refractivity contribution in [1.82, 2.24) is 4.57 Å². The maximum atomic E-state index is 13.4. The molecule has 154 valence electrons. The van der Waals surface area contributed by atoms with E-state index in [2.05, 4.69) is 4.99 Å². The zero-order chi connectivity index (χ0) is 21.3. The fourth-order valence-corrected chi connectivity index (χ4v) is 5.64. The van der Waals surface area contributed by atoms with Gasteiger partial charge in [-0.25, -0.2) is 9.79 Å². The number of benzene rings is 1. The third kappa shape index (κ3) is 3.82. The zero-order valence-corrected chi connectivity index (χ0v) is 19.2. The maximum absolute atomic E-state index is 13.4. The Kier molecular flexibility index (Phi) is 6.08. The predicted molar refractivity (Wildman–Crippen MR) is 123 cm³/mol. The van der Waals surface area contributed by atoms with Gasteiger partial charge in [0.1, 0.15) is 6.04 Å². The van der Waals surface area contributed by atoms with Gasteiger partial charge in [0.2, 0.25) is 0 Å².